The zero-order chi connectivity index (χ0) is 35.5. The molecule has 258 valence electrons. The molecule has 12 heteroatoms. The van der Waals surface area contributed by atoms with Gasteiger partial charge in [-0.25, -0.2) is 27.4 Å². The summed E-state index contributed by atoms with van der Waals surface area (Å²) in [5, 5.41) is 9.11. The van der Waals surface area contributed by atoms with Gasteiger partial charge >= 0.3 is 0 Å². The smallest absolute Gasteiger partial charge is 0.248 e. The Balaban J connectivity index is 1.06. The minimum atomic E-state index is -0.540. The van der Waals surface area contributed by atoms with Crippen molar-refractivity contribution in [2.75, 3.05) is 16.0 Å². The fourth-order valence-corrected chi connectivity index (χ4v) is 6.65. The summed E-state index contributed by atoms with van der Waals surface area (Å²) >= 11 is 0. The second-order valence-electron chi connectivity index (χ2n) is 13.4. The van der Waals surface area contributed by atoms with E-state index in [9.17, 15) is 14.4 Å². The summed E-state index contributed by atoms with van der Waals surface area (Å²) in [5.74, 6) is -2.25. The SMILES string of the molecule is Cn1cc[n+](-c2ccc(NC(=O)C3CC(C(=O)Nc4ccc(-n5cc[n+](C)c5)cc4)CC(C(=O)Nc4ccc(-[n+]5ccn(C)c5)cc4)C3)cc2)c1. The average Bonchev–Trinajstić information content (AvgIpc) is 3.90. The van der Waals surface area contributed by atoms with E-state index < -0.39 is 17.8 Å². The van der Waals surface area contributed by atoms with E-state index in [0.717, 1.165) is 17.1 Å². The molecular formula is C39H42N9O3+3. The van der Waals surface area contributed by atoms with E-state index in [4.69, 9.17) is 0 Å². The molecule has 1 saturated carbocycles. The van der Waals surface area contributed by atoms with Gasteiger partial charge in [-0.1, -0.05) is 0 Å². The highest BCUT2D eigenvalue weighted by molar-refractivity contribution is 5.98. The molecule has 3 heterocycles. The van der Waals surface area contributed by atoms with Gasteiger partial charge in [0.05, 0.1) is 21.1 Å². The highest BCUT2D eigenvalue weighted by Gasteiger charge is 2.39. The second kappa shape index (κ2) is 14.3. The van der Waals surface area contributed by atoms with E-state index in [1.807, 2.05) is 178 Å². The van der Waals surface area contributed by atoms with Gasteiger partial charge in [-0.05, 0) is 92.1 Å². The molecule has 3 aromatic heterocycles. The molecule has 0 atom stereocenters. The molecule has 0 spiro atoms. The lowest BCUT2D eigenvalue weighted by atomic mass is 9.74. The predicted molar refractivity (Wildman–Crippen MR) is 191 cm³/mol. The Morgan fingerprint density at radius 2 is 0.941 bits per heavy atom. The Hall–Kier alpha value is -6.30. The number of nitrogens with zero attached hydrogens (tertiary/aromatic N) is 6. The van der Waals surface area contributed by atoms with Crippen LogP contribution >= 0.6 is 0 Å². The summed E-state index contributed by atoms with van der Waals surface area (Å²) in [5.41, 5.74) is 4.85. The van der Waals surface area contributed by atoms with Gasteiger partial charge in [-0.15, -0.1) is 0 Å². The topological polar surface area (TPSA) is 114 Å². The number of aryl methyl sites for hydroxylation is 3. The van der Waals surface area contributed by atoms with Crippen LogP contribution in [0.3, 0.4) is 0 Å². The van der Waals surface area contributed by atoms with Crippen LogP contribution in [0.15, 0.2) is 129 Å². The lowest BCUT2D eigenvalue weighted by Gasteiger charge is -2.33. The van der Waals surface area contributed by atoms with E-state index in [-0.39, 0.29) is 17.7 Å². The Labute approximate surface area is 296 Å². The molecule has 0 saturated heterocycles. The zero-order valence-electron chi connectivity index (χ0n) is 28.9. The Kier molecular flexibility index (Phi) is 9.30. The quantitative estimate of drug-likeness (QED) is 0.202. The predicted octanol–water partition coefficient (Wildman–Crippen LogP) is 3.78. The number of anilines is 3. The minimum absolute atomic E-state index is 0.209. The molecule has 1 fully saturated rings. The van der Waals surface area contributed by atoms with Crippen molar-refractivity contribution in [3.05, 3.63) is 129 Å². The molecule has 6 aromatic rings. The van der Waals surface area contributed by atoms with Crippen LogP contribution in [0.5, 0.6) is 0 Å². The third kappa shape index (κ3) is 7.80. The summed E-state index contributed by atoms with van der Waals surface area (Å²) in [6.07, 6.45) is 18.6. The first-order chi connectivity index (χ1) is 24.7. The van der Waals surface area contributed by atoms with Crippen LogP contribution in [0, 0.1) is 17.8 Å². The molecule has 1 aliphatic rings. The number of amides is 3. The van der Waals surface area contributed by atoms with Crippen LogP contribution in [0.1, 0.15) is 19.3 Å². The standard InChI is InChI=1S/C39H39N9O3/c1-43-16-19-46(25-43)34-10-4-31(5-11-34)40-37(49)28-22-29(38(50)41-32-6-12-35(13-7-32)47-20-17-44(2)26-47)24-30(23-28)39(51)42-33-8-14-36(15-9-33)48-21-18-45(3)27-48/h4-21,25-30H,22-24H2,1-3H3/p+3. The van der Waals surface area contributed by atoms with Crippen molar-refractivity contribution in [2.24, 2.45) is 38.9 Å². The van der Waals surface area contributed by atoms with Gasteiger partial charge in [0.15, 0.2) is 0 Å². The maximum Gasteiger partial charge on any atom is 0.248 e. The Morgan fingerprint density at radius 1 is 0.549 bits per heavy atom. The van der Waals surface area contributed by atoms with Gasteiger partial charge in [-0.2, -0.15) is 0 Å². The fourth-order valence-electron chi connectivity index (χ4n) is 6.65. The van der Waals surface area contributed by atoms with Crippen LogP contribution in [0.25, 0.3) is 17.1 Å². The molecule has 3 amide bonds. The van der Waals surface area contributed by atoms with Gasteiger partial charge in [0.2, 0.25) is 36.7 Å². The normalized spacial score (nSPS) is 17.1. The maximum atomic E-state index is 13.7. The molecule has 0 unspecified atom stereocenters. The van der Waals surface area contributed by atoms with Crippen molar-refractivity contribution >= 4 is 34.8 Å². The van der Waals surface area contributed by atoms with Crippen molar-refractivity contribution in [2.45, 2.75) is 19.3 Å². The van der Waals surface area contributed by atoms with Gasteiger partial charge in [0, 0.05) is 34.8 Å². The number of hydrogen-bond donors (Lipinski definition) is 3. The summed E-state index contributed by atoms with van der Waals surface area (Å²) < 4.78 is 11.8. The van der Waals surface area contributed by atoms with Crippen LogP contribution in [0.4, 0.5) is 17.1 Å². The monoisotopic (exact) mass is 684 g/mol. The number of rotatable bonds is 9. The van der Waals surface area contributed by atoms with Gasteiger partial charge in [-0.3, -0.25) is 14.4 Å². The number of carbonyl (C=O) groups is 3. The van der Waals surface area contributed by atoms with Crippen molar-refractivity contribution in [3.63, 3.8) is 0 Å². The molecule has 0 radical (unpaired) electrons. The van der Waals surface area contributed by atoms with Crippen LogP contribution in [0.2, 0.25) is 0 Å². The summed E-state index contributed by atoms with van der Waals surface area (Å²) in [4.78, 5) is 41.2. The molecule has 1 aliphatic carbocycles. The molecule has 51 heavy (non-hydrogen) atoms. The first-order valence-corrected chi connectivity index (χ1v) is 17.0. The van der Waals surface area contributed by atoms with Crippen molar-refractivity contribution in [3.8, 4) is 17.1 Å². The number of carbonyl (C=O) groups excluding carboxylic acids is 3. The van der Waals surface area contributed by atoms with Gasteiger partial charge in [0.25, 0.3) is 0 Å². The first kappa shape index (κ1) is 33.2. The second-order valence-corrected chi connectivity index (χ2v) is 13.4. The maximum absolute atomic E-state index is 13.7. The highest BCUT2D eigenvalue weighted by Crippen LogP contribution is 2.36. The molecule has 0 aliphatic heterocycles. The molecule has 3 aromatic carbocycles. The summed E-state index contributed by atoms with van der Waals surface area (Å²) in [7, 11) is 5.87. The number of benzene rings is 3. The number of aromatic nitrogens is 6. The van der Waals surface area contributed by atoms with E-state index in [1.54, 1.807) is 0 Å². The van der Waals surface area contributed by atoms with Gasteiger partial charge in [0.1, 0.15) is 54.2 Å². The van der Waals surface area contributed by atoms with Crippen molar-refractivity contribution < 1.29 is 28.1 Å². The lowest BCUT2D eigenvalue weighted by Crippen LogP contribution is -2.40. The Morgan fingerprint density at radius 3 is 1.27 bits per heavy atom. The first-order valence-electron chi connectivity index (χ1n) is 17.0. The van der Waals surface area contributed by atoms with Crippen molar-refractivity contribution in [1.82, 2.24) is 13.7 Å². The highest BCUT2D eigenvalue weighted by atomic mass is 16.2. The van der Waals surface area contributed by atoms with E-state index in [2.05, 4.69) is 16.0 Å². The zero-order valence-corrected chi connectivity index (χ0v) is 28.9. The van der Waals surface area contributed by atoms with Crippen molar-refractivity contribution in [1.29, 1.82) is 0 Å². The molecule has 3 N–H and O–H groups in total. The van der Waals surface area contributed by atoms with Crippen LogP contribution in [-0.4, -0.2) is 31.4 Å². The molecule has 7 rings (SSSR count). The average molecular weight is 685 g/mol. The van der Waals surface area contributed by atoms with E-state index in [1.165, 1.54) is 0 Å². The summed E-state index contributed by atoms with van der Waals surface area (Å²) in [6.45, 7) is 0. The number of imidazole rings is 3. The Bertz CT molecular complexity index is 1910. The molecular weight excluding hydrogens is 642 g/mol. The lowest BCUT2D eigenvalue weighted by molar-refractivity contribution is -0.670. The fraction of sp³-hybridized carbons (Fsp3) is 0.231. The van der Waals surface area contributed by atoms with Crippen LogP contribution in [-0.2, 0) is 35.5 Å². The third-order valence-electron chi connectivity index (χ3n) is 9.43. The van der Waals surface area contributed by atoms with E-state index in [0.29, 0.717) is 36.3 Å². The van der Waals surface area contributed by atoms with E-state index >= 15 is 0 Å². The third-order valence-corrected chi connectivity index (χ3v) is 9.43. The molecule has 0 bridgehead atoms. The van der Waals surface area contributed by atoms with Crippen LogP contribution < -0.4 is 29.7 Å². The number of hydrogen-bond acceptors (Lipinski definition) is 3. The summed E-state index contributed by atoms with van der Waals surface area (Å²) in [6, 6.07) is 22.8. The largest absolute Gasteiger partial charge is 0.326 e. The molecule has 12 nitrogen and oxygen atoms in total. The number of nitrogens with one attached hydrogen (secondary N) is 3. The minimum Gasteiger partial charge on any atom is -0.326 e. The van der Waals surface area contributed by atoms with Gasteiger partial charge < -0.3 is 16.0 Å².